The number of rotatable bonds is 2. The van der Waals surface area contributed by atoms with Crippen molar-refractivity contribution >= 4 is 67.4 Å². The molecule has 2 aromatic heterocycles. The van der Waals surface area contributed by atoms with E-state index in [0.29, 0.717) is 22.3 Å². The molecule has 4 amide bonds. The third-order valence-electron chi connectivity index (χ3n) is 9.27. The van der Waals surface area contributed by atoms with Gasteiger partial charge in [0.1, 0.15) is 11.6 Å². The van der Waals surface area contributed by atoms with E-state index in [9.17, 15) is 24.4 Å². The zero-order valence-corrected chi connectivity index (χ0v) is 27.2. The Bertz CT molecular complexity index is 2110. The van der Waals surface area contributed by atoms with Gasteiger partial charge in [-0.3, -0.25) is 29.0 Å². The second-order valence-electron chi connectivity index (χ2n) is 12.4. The number of carbonyl (C=O) groups is 4. The molecule has 0 bridgehead atoms. The van der Waals surface area contributed by atoms with Crippen LogP contribution >= 0.6 is 22.7 Å². The molecule has 0 saturated carbocycles. The number of hydrogen-bond donors (Lipinski definition) is 0. The molecule has 2 aromatic rings. The van der Waals surface area contributed by atoms with E-state index < -0.39 is 29.0 Å². The summed E-state index contributed by atoms with van der Waals surface area (Å²) in [7, 11) is 2.79. The standard InChI is InChI=1S/C34H28N4O4S2/c1-15-19(29(39)37(8)31(41)21(15)14-35)10-17-11-22-24(33(17,3)4)28-25(34(22,5)6)27-23(44-28)13-18(43-27)12-20-16(2)26(36-7)32(42)38(9)30(20)40/h10-13H,1-6,8-9H3/b19-10+,20-12+. The van der Waals surface area contributed by atoms with Gasteiger partial charge in [0.2, 0.25) is 0 Å². The number of amides is 4. The van der Waals surface area contributed by atoms with E-state index in [2.05, 4.69) is 44.7 Å². The Labute approximate surface area is 263 Å². The number of likely N-dealkylation sites (N-methyl/N-ethyl adjacent to an activating group) is 2. The SMILES string of the molecule is [C-]#[N+]C1=C(C)/C(=C\c2cc3sc4c(c3s2)C(C)(C)C2=C4C(C)(C)C(/C=C3/C(=O)N(C)C(=O)C(C#N)=C3C)=C2)C(=O)N(C)C1=O. The van der Waals surface area contributed by atoms with Crippen molar-refractivity contribution in [3.63, 3.8) is 0 Å². The van der Waals surface area contributed by atoms with Crippen molar-refractivity contribution in [3.8, 4) is 6.07 Å². The monoisotopic (exact) mass is 620 g/mol. The van der Waals surface area contributed by atoms with Crippen molar-refractivity contribution in [2.45, 2.75) is 47.0 Å². The number of nitriles is 1. The lowest BCUT2D eigenvalue weighted by Crippen LogP contribution is -2.39. The van der Waals surface area contributed by atoms with E-state index in [1.165, 1.54) is 35.7 Å². The van der Waals surface area contributed by atoms with Crippen LogP contribution in [0.25, 0.3) is 25.9 Å². The van der Waals surface area contributed by atoms with Crippen LogP contribution < -0.4 is 0 Å². The summed E-state index contributed by atoms with van der Waals surface area (Å²) in [5.41, 5.74) is 5.17. The average Bonchev–Trinajstić information content (AvgIpc) is 3.64. The van der Waals surface area contributed by atoms with Gasteiger partial charge in [-0.15, -0.1) is 22.7 Å². The molecule has 2 aliphatic carbocycles. The minimum atomic E-state index is -0.585. The van der Waals surface area contributed by atoms with E-state index in [1.54, 1.807) is 42.6 Å². The molecule has 220 valence electrons. The van der Waals surface area contributed by atoms with E-state index >= 15 is 0 Å². The van der Waals surface area contributed by atoms with Gasteiger partial charge in [0.15, 0.2) is 0 Å². The number of hydrogen-bond acceptors (Lipinski definition) is 7. The zero-order chi connectivity index (χ0) is 32.2. The Morgan fingerprint density at radius 2 is 1.50 bits per heavy atom. The fourth-order valence-corrected chi connectivity index (χ4v) is 9.67. The predicted molar refractivity (Wildman–Crippen MR) is 171 cm³/mol. The Hall–Kier alpha value is -4.64. The molecule has 0 saturated heterocycles. The molecular weight excluding hydrogens is 593 g/mol. The van der Waals surface area contributed by atoms with Crippen LogP contribution in [0.3, 0.4) is 0 Å². The van der Waals surface area contributed by atoms with Crippen molar-refractivity contribution in [3.05, 3.63) is 89.7 Å². The van der Waals surface area contributed by atoms with Gasteiger partial charge in [0.05, 0.1) is 11.3 Å². The largest absolute Gasteiger partial charge is 0.287 e. The van der Waals surface area contributed by atoms with Gasteiger partial charge >= 0.3 is 0 Å². The summed E-state index contributed by atoms with van der Waals surface area (Å²) in [6.07, 6.45) is 5.76. The lowest BCUT2D eigenvalue weighted by molar-refractivity contribution is -0.140. The molecular formula is C34H28N4O4S2. The first-order chi connectivity index (χ1) is 20.6. The lowest BCUT2D eigenvalue weighted by Gasteiger charge is -2.28. The van der Waals surface area contributed by atoms with Gasteiger partial charge in [-0.1, -0.05) is 33.8 Å². The van der Waals surface area contributed by atoms with E-state index in [0.717, 1.165) is 29.6 Å². The molecule has 0 aromatic carbocycles. The fraction of sp³-hybridized carbons (Fsp3) is 0.294. The molecule has 0 radical (unpaired) electrons. The third kappa shape index (κ3) is 3.71. The molecule has 10 heteroatoms. The van der Waals surface area contributed by atoms with Crippen LogP contribution in [-0.2, 0) is 24.6 Å². The normalized spacial score (nSPS) is 22.9. The van der Waals surface area contributed by atoms with Crippen LogP contribution in [0.4, 0.5) is 0 Å². The lowest BCUT2D eigenvalue weighted by atomic mass is 9.78. The van der Waals surface area contributed by atoms with Crippen LogP contribution in [-0.4, -0.2) is 47.5 Å². The molecule has 2 aliphatic heterocycles. The maximum absolute atomic E-state index is 13.1. The summed E-state index contributed by atoms with van der Waals surface area (Å²) in [5, 5.41) is 9.59. The first kappa shape index (κ1) is 29.4. The molecule has 0 fully saturated rings. The molecule has 4 heterocycles. The Morgan fingerprint density at radius 1 is 0.886 bits per heavy atom. The highest BCUT2D eigenvalue weighted by atomic mass is 32.1. The summed E-state index contributed by atoms with van der Waals surface area (Å²) in [4.78, 5) is 58.4. The first-order valence-electron chi connectivity index (χ1n) is 13.9. The van der Waals surface area contributed by atoms with Gasteiger partial charge in [-0.2, -0.15) is 5.26 Å². The smallest absolute Gasteiger partial charge is 0.271 e. The number of imide groups is 2. The first-order valence-corrected chi connectivity index (χ1v) is 15.5. The average molecular weight is 621 g/mol. The quantitative estimate of drug-likeness (QED) is 0.222. The van der Waals surface area contributed by atoms with Crippen molar-refractivity contribution in [2.75, 3.05) is 14.1 Å². The Balaban J connectivity index is 1.44. The summed E-state index contributed by atoms with van der Waals surface area (Å²) in [6.45, 7) is 19.4. The van der Waals surface area contributed by atoms with E-state index in [-0.39, 0.29) is 16.7 Å². The van der Waals surface area contributed by atoms with E-state index in [4.69, 9.17) is 6.57 Å². The van der Waals surface area contributed by atoms with Gasteiger partial charge in [-0.05, 0) is 65.5 Å². The highest BCUT2D eigenvalue weighted by Gasteiger charge is 2.49. The Kier molecular flexibility index (Phi) is 6.31. The minimum Gasteiger partial charge on any atom is -0.287 e. The molecule has 0 atom stereocenters. The number of nitrogens with zero attached hydrogens (tertiary/aromatic N) is 4. The predicted octanol–water partition coefficient (Wildman–Crippen LogP) is 6.31. The van der Waals surface area contributed by atoms with Gasteiger partial charge < -0.3 is 0 Å². The maximum Gasteiger partial charge on any atom is 0.271 e. The summed E-state index contributed by atoms with van der Waals surface area (Å²) >= 11 is 3.29. The molecule has 0 spiro atoms. The fourth-order valence-electron chi connectivity index (χ4n) is 6.54. The highest BCUT2D eigenvalue weighted by Crippen LogP contribution is 2.64. The van der Waals surface area contributed by atoms with Crippen molar-refractivity contribution in [1.82, 2.24) is 9.80 Å². The second kappa shape index (κ2) is 9.43. The summed E-state index contributed by atoms with van der Waals surface area (Å²) < 4.78 is 2.23. The molecule has 6 rings (SSSR count). The maximum atomic E-state index is 13.1. The summed E-state index contributed by atoms with van der Waals surface area (Å²) in [6, 6.07) is 4.02. The number of carbonyl (C=O) groups excluding carboxylic acids is 4. The van der Waals surface area contributed by atoms with Gasteiger partial charge in [-0.25, -0.2) is 4.85 Å². The summed E-state index contributed by atoms with van der Waals surface area (Å²) in [5.74, 6) is -2.01. The van der Waals surface area contributed by atoms with Crippen LogP contribution in [0, 0.1) is 23.3 Å². The highest BCUT2D eigenvalue weighted by molar-refractivity contribution is 7.29. The second-order valence-corrected chi connectivity index (χ2v) is 14.6. The minimum absolute atomic E-state index is 0.0219. The van der Waals surface area contributed by atoms with Crippen molar-refractivity contribution < 1.29 is 19.2 Å². The molecule has 4 aliphatic rings. The van der Waals surface area contributed by atoms with Crippen molar-refractivity contribution in [1.29, 1.82) is 5.26 Å². The number of allylic oxidation sites excluding steroid dienone is 5. The van der Waals surface area contributed by atoms with Gasteiger partial charge in [0, 0.05) is 50.5 Å². The van der Waals surface area contributed by atoms with Crippen LogP contribution in [0.2, 0.25) is 0 Å². The van der Waals surface area contributed by atoms with Crippen LogP contribution in [0.5, 0.6) is 0 Å². The molecule has 0 unspecified atom stereocenters. The third-order valence-corrected chi connectivity index (χ3v) is 11.7. The topological polar surface area (TPSA) is 103 Å². The zero-order valence-electron chi connectivity index (χ0n) is 25.5. The van der Waals surface area contributed by atoms with Gasteiger partial charge in [0.25, 0.3) is 29.3 Å². The van der Waals surface area contributed by atoms with Crippen LogP contribution in [0.1, 0.15) is 56.9 Å². The molecule has 8 nitrogen and oxygen atoms in total. The number of fused-ring (bicyclic) bond motifs is 4. The molecule has 0 N–H and O–H groups in total. The van der Waals surface area contributed by atoms with Crippen LogP contribution in [0.15, 0.2) is 62.9 Å². The van der Waals surface area contributed by atoms with Crippen molar-refractivity contribution in [2.24, 2.45) is 5.41 Å². The number of thiophene rings is 2. The molecule has 44 heavy (non-hydrogen) atoms. The Morgan fingerprint density at radius 3 is 2.11 bits per heavy atom. The van der Waals surface area contributed by atoms with E-state index in [1.807, 2.05) is 12.1 Å².